The molecule has 0 N–H and O–H groups in total. The minimum atomic E-state index is -1.26. The maximum Gasteiger partial charge on any atom is 0.136 e. The third-order valence-electron chi connectivity index (χ3n) is 3.38. The molecule has 1 saturated heterocycles. The van der Waals surface area contributed by atoms with E-state index in [0.717, 1.165) is 22.9 Å². The summed E-state index contributed by atoms with van der Waals surface area (Å²) >= 11 is 3.39. The molecule has 0 spiro atoms. The van der Waals surface area contributed by atoms with Crippen LogP contribution in [0.25, 0.3) is 0 Å². The molecule has 16 heavy (non-hydrogen) atoms. The van der Waals surface area contributed by atoms with Crippen molar-refractivity contribution >= 4 is 15.9 Å². The number of rotatable bonds is 2. The fourth-order valence-corrected chi connectivity index (χ4v) is 2.67. The SMILES string of the molecule is CC(F)(c1cccc(Br)c1)C1CCOCC1. The molecule has 3 heteroatoms. The maximum atomic E-state index is 14.8. The molecule has 2 rings (SSSR count). The molecule has 1 aliphatic heterocycles. The van der Waals surface area contributed by atoms with Gasteiger partial charge in [0.25, 0.3) is 0 Å². The lowest BCUT2D eigenvalue weighted by Gasteiger charge is -2.33. The lowest BCUT2D eigenvalue weighted by atomic mass is 9.80. The van der Waals surface area contributed by atoms with Gasteiger partial charge in [-0.1, -0.05) is 28.1 Å². The van der Waals surface area contributed by atoms with Crippen LogP contribution >= 0.6 is 15.9 Å². The van der Waals surface area contributed by atoms with Gasteiger partial charge < -0.3 is 4.74 Å². The average molecular weight is 287 g/mol. The van der Waals surface area contributed by atoms with Crippen LogP contribution < -0.4 is 0 Å². The molecule has 0 amide bonds. The van der Waals surface area contributed by atoms with Gasteiger partial charge in [-0.2, -0.15) is 0 Å². The summed E-state index contributed by atoms with van der Waals surface area (Å²) in [5, 5.41) is 0. The molecule has 0 bridgehead atoms. The molecule has 1 fully saturated rings. The standard InChI is InChI=1S/C13H16BrFO/c1-13(15,10-5-7-16-8-6-10)11-3-2-4-12(14)9-11/h2-4,9-10H,5-8H2,1H3. The van der Waals surface area contributed by atoms with Crippen molar-refractivity contribution in [3.05, 3.63) is 34.3 Å². The summed E-state index contributed by atoms with van der Waals surface area (Å²) in [6.07, 6.45) is 1.61. The van der Waals surface area contributed by atoms with E-state index in [2.05, 4.69) is 15.9 Å². The van der Waals surface area contributed by atoms with Crippen LogP contribution in [0.15, 0.2) is 28.7 Å². The molecule has 1 aromatic rings. The Labute approximate surface area is 104 Å². The number of benzene rings is 1. The second kappa shape index (κ2) is 4.84. The second-order valence-corrected chi connectivity index (χ2v) is 5.39. The third-order valence-corrected chi connectivity index (χ3v) is 3.87. The molecule has 1 aromatic carbocycles. The summed E-state index contributed by atoms with van der Waals surface area (Å²) < 4.78 is 21.0. The molecular weight excluding hydrogens is 271 g/mol. The zero-order chi connectivity index (χ0) is 11.6. The summed E-state index contributed by atoms with van der Waals surface area (Å²) in [7, 11) is 0. The number of hydrogen-bond donors (Lipinski definition) is 0. The Morgan fingerprint density at radius 1 is 1.38 bits per heavy atom. The maximum absolute atomic E-state index is 14.8. The molecule has 1 heterocycles. The summed E-state index contributed by atoms with van der Waals surface area (Å²) in [6.45, 7) is 3.04. The highest BCUT2D eigenvalue weighted by molar-refractivity contribution is 9.10. The first kappa shape index (κ1) is 12.1. The van der Waals surface area contributed by atoms with E-state index >= 15 is 0 Å². The molecule has 1 atom stereocenters. The lowest BCUT2D eigenvalue weighted by molar-refractivity contribution is -0.00501. The average Bonchev–Trinajstić information content (AvgIpc) is 2.30. The number of alkyl halides is 1. The van der Waals surface area contributed by atoms with E-state index in [-0.39, 0.29) is 5.92 Å². The Kier molecular flexibility index (Phi) is 3.65. The number of ether oxygens (including phenoxy) is 1. The molecule has 88 valence electrons. The van der Waals surface area contributed by atoms with E-state index in [4.69, 9.17) is 4.74 Å². The van der Waals surface area contributed by atoms with Crippen molar-refractivity contribution in [2.75, 3.05) is 13.2 Å². The van der Waals surface area contributed by atoms with Crippen molar-refractivity contribution in [3.8, 4) is 0 Å². The second-order valence-electron chi connectivity index (χ2n) is 4.47. The largest absolute Gasteiger partial charge is 0.381 e. The Morgan fingerprint density at radius 3 is 2.69 bits per heavy atom. The van der Waals surface area contributed by atoms with Crippen molar-refractivity contribution in [2.45, 2.75) is 25.4 Å². The van der Waals surface area contributed by atoms with Crippen molar-refractivity contribution in [1.82, 2.24) is 0 Å². The summed E-state index contributed by atoms with van der Waals surface area (Å²) in [6, 6.07) is 7.54. The van der Waals surface area contributed by atoms with Crippen LogP contribution in [-0.4, -0.2) is 13.2 Å². The van der Waals surface area contributed by atoms with Crippen LogP contribution in [0.5, 0.6) is 0 Å². The first-order valence-corrected chi connectivity index (χ1v) is 6.42. The molecule has 1 nitrogen and oxygen atoms in total. The predicted octanol–water partition coefficient (Wildman–Crippen LogP) is 4.06. The topological polar surface area (TPSA) is 9.23 Å². The van der Waals surface area contributed by atoms with E-state index in [1.165, 1.54) is 0 Å². The lowest BCUT2D eigenvalue weighted by Crippen LogP contribution is -2.32. The van der Waals surface area contributed by atoms with Crippen LogP contribution in [0.3, 0.4) is 0 Å². The quantitative estimate of drug-likeness (QED) is 0.797. The van der Waals surface area contributed by atoms with Gasteiger partial charge in [-0.25, -0.2) is 4.39 Å². The fourth-order valence-electron chi connectivity index (χ4n) is 2.27. The summed E-state index contributed by atoms with van der Waals surface area (Å²) in [5.74, 6) is 0.0653. The van der Waals surface area contributed by atoms with Gasteiger partial charge in [-0.05, 0) is 37.5 Å². The first-order valence-electron chi connectivity index (χ1n) is 5.63. The molecule has 0 saturated carbocycles. The van der Waals surface area contributed by atoms with Crippen LogP contribution in [-0.2, 0) is 10.4 Å². The molecule has 0 aliphatic carbocycles. The third kappa shape index (κ3) is 2.46. The molecule has 0 radical (unpaired) electrons. The van der Waals surface area contributed by atoms with Gasteiger partial charge >= 0.3 is 0 Å². The zero-order valence-corrected chi connectivity index (χ0v) is 11.0. The van der Waals surface area contributed by atoms with Gasteiger partial charge in [0, 0.05) is 23.6 Å². The highest BCUT2D eigenvalue weighted by atomic mass is 79.9. The Hall–Kier alpha value is -0.410. The highest BCUT2D eigenvalue weighted by Crippen LogP contribution is 2.39. The van der Waals surface area contributed by atoms with Gasteiger partial charge in [0.15, 0.2) is 0 Å². The number of hydrogen-bond acceptors (Lipinski definition) is 1. The van der Waals surface area contributed by atoms with Crippen molar-refractivity contribution in [1.29, 1.82) is 0 Å². The molecule has 0 aromatic heterocycles. The van der Waals surface area contributed by atoms with Gasteiger partial charge in [0.05, 0.1) is 0 Å². The van der Waals surface area contributed by atoms with Crippen LogP contribution in [0.2, 0.25) is 0 Å². The van der Waals surface area contributed by atoms with Gasteiger partial charge in [0.2, 0.25) is 0 Å². The minimum absolute atomic E-state index is 0.0653. The smallest absolute Gasteiger partial charge is 0.136 e. The molecular formula is C13H16BrFO. The van der Waals surface area contributed by atoms with Crippen LogP contribution in [0, 0.1) is 5.92 Å². The normalized spacial score (nSPS) is 21.7. The Balaban J connectivity index is 2.22. The minimum Gasteiger partial charge on any atom is -0.381 e. The highest BCUT2D eigenvalue weighted by Gasteiger charge is 2.36. The predicted molar refractivity (Wildman–Crippen MR) is 66.1 cm³/mol. The summed E-state index contributed by atoms with van der Waals surface area (Å²) in [5.41, 5.74) is -0.498. The van der Waals surface area contributed by atoms with Gasteiger partial charge in [0.1, 0.15) is 5.67 Å². The van der Waals surface area contributed by atoms with Crippen LogP contribution in [0.4, 0.5) is 4.39 Å². The fraction of sp³-hybridized carbons (Fsp3) is 0.538. The molecule has 1 aliphatic rings. The molecule has 1 unspecified atom stereocenters. The van der Waals surface area contributed by atoms with Crippen LogP contribution in [0.1, 0.15) is 25.3 Å². The van der Waals surface area contributed by atoms with E-state index in [1.54, 1.807) is 6.92 Å². The van der Waals surface area contributed by atoms with Crippen molar-refractivity contribution < 1.29 is 9.13 Å². The Bertz CT molecular complexity index is 359. The van der Waals surface area contributed by atoms with E-state index in [9.17, 15) is 4.39 Å². The van der Waals surface area contributed by atoms with E-state index in [0.29, 0.717) is 13.2 Å². The first-order chi connectivity index (χ1) is 7.60. The monoisotopic (exact) mass is 286 g/mol. The van der Waals surface area contributed by atoms with Gasteiger partial charge in [-0.3, -0.25) is 0 Å². The van der Waals surface area contributed by atoms with E-state index < -0.39 is 5.67 Å². The number of halogens is 2. The van der Waals surface area contributed by atoms with Crippen molar-refractivity contribution in [2.24, 2.45) is 5.92 Å². The Morgan fingerprint density at radius 2 is 2.06 bits per heavy atom. The van der Waals surface area contributed by atoms with E-state index in [1.807, 2.05) is 24.3 Å². The zero-order valence-electron chi connectivity index (χ0n) is 9.38. The van der Waals surface area contributed by atoms with Crippen molar-refractivity contribution in [3.63, 3.8) is 0 Å². The van der Waals surface area contributed by atoms with Gasteiger partial charge in [-0.15, -0.1) is 0 Å². The summed E-state index contributed by atoms with van der Waals surface area (Å²) in [4.78, 5) is 0.